The summed E-state index contributed by atoms with van der Waals surface area (Å²) in [6.45, 7) is 5.83. The molecule has 0 saturated carbocycles. The smallest absolute Gasteiger partial charge is 0.244 e. The number of amides is 2. The summed E-state index contributed by atoms with van der Waals surface area (Å²) in [6.07, 6.45) is 3.17. The number of carbonyl (C=O) groups excluding carboxylic acids is 2. The molecular formula is C13H22N6O2. The third kappa shape index (κ3) is 4.45. The van der Waals surface area contributed by atoms with Crippen LogP contribution in [0.5, 0.6) is 0 Å². The number of rotatable bonds is 5. The van der Waals surface area contributed by atoms with Crippen LogP contribution in [0.4, 0.5) is 5.69 Å². The van der Waals surface area contributed by atoms with Gasteiger partial charge in [0.1, 0.15) is 6.54 Å². The standard InChI is InChI=1S/C13H22N6O2/c1-2-15-12(20)9-17-3-5-18(6-4-17)13(21)10-19-8-11(14)7-16-19/h7-8H,2-6,9-10,14H2,1H3,(H,15,20). The number of nitrogen functional groups attached to an aromatic ring is 1. The number of piperazine rings is 1. The fraction of sp³-hybridized carbons (Fsp3) is 0.615. The Bertz CT molecular complexity index is 493. The molecule has 2 amide bonds. The van der Waals surface area contributed by atoms with Gasteiger partial charge in [-0.15, -0.1) is 0 Å². The van der Waals surface area contributed by atoms with Crippen molar-refractivity contribution in [2.24, 2.45) is 0 Å². The summed E-state index contributed by atoms with van der Waals surface area (Å²) in [6, 6.07) is 0. The van der Waals surface area contributed by atoms with E-state index in [1.807, 2.05) is 6.92 Å². The summed E-state index contributed by atoms with van der Waals surface area (Å²) in [5.41, 5.74) is 6.12. The van der Waals surface area contributed by atoms with E-state index in [0.717, 1.165) is 0 Å². The lowest BCUT2D eigenvalue weighted by molar-refractivity contribution is -0.134. The lowest BCUT2D eigenvalue weighted by atomic mass is 10.3. The minimum absolute atomic E-state index is 0.0239. The molecule has 2 heterocycles. The molecule has 1 aromatic rings. The average molecular weight is 294 g/mol. The van der Waals surface area contributed by atoms with Gasteiger partial charge in [-0.05, 0) is 6.92 Å². The minimum atomic E-state index is 0.0239. The first-order chi connectivity index (χ1) is 10.1. The maximum atomic E-state index is 12.1. The van der Waals surface area contributed by atoms with Gasteiger partial charge in [-0.3, -0.25) is 19.2 Å². The maximum Gasteiger partial charge on any atom is 0.244 e. The van der Waals surface area contributed by atoms with E-state index in [1.54, 1.807) is 15.8 Å². The second-order valence-electron chi connectivity index (χ2n) is 5.08. The van der Waals surface area contributed by atoms with Gasteiger partial charge in [0.25, 0.3) is 0 Å². The SMILES string of the molecule is CCNC(=O)CN1CCN(C(=O)Cn2cc(N)cn2)CC1. The zero-order valence-electron chi connectivity index (χ0n) is 12.3. The molecule has 8 heteroatoms. The molecule has 1 aliphatic heterocycles. The molecule has 2 rings (SSSR count). The molecule has 1 saturated heterocycles. The van der Waals surface area contributed by atoms with Crippen LogP contribution in [0.3, 0.4) is 0 Å². The zero-order chi connectivity index (χ0) is 15.2. The molecule has 0 atom stereocenters. The van der Waals surface area contributed by atoms with Crippen LogP contribution in [0.1, 0.15) is 6.92 Å². The van der Waals surface area contributed by atoms with Gasteiger partial charge in [0.2, 0.25) is 11.8 Å². The molecule has 8 nitrogen and oxygen atoms in total. The Balaban J connectivity index is 1.75. The number of hydrogen-bond donors (Lipinski definition) is 2. The van der Waals surface area contributed by atoms with E-state index in [4.69, 9.17) is 5.73 Å². The maximum absolute atomic E-state index is 12.1. The van der Waals surface area contributed by atoms with E-state index < -0.39 is 0 Å². The molecule has 3 N–H and O–H groups in total. The van der Waals surface area contributed by atoms with Crippen LogP contribution in [0.25, 0.3) is 0 Å². The number of nitrogens with two attached hydrogens (primary N) is 1. The molecular weight excluding hydrogens is 272 g/mol. The van der Waals surface area contributed by atoms with Gasteiger partial charge < -0.3 is 16.0 Å². The van der Waals surface area contributed by atoms with Crippen LogP contribution in [-0.4, -0.2) is 70.7 Å². The van der Waals surface area contributed by atoms with Gasteiger partial charge in [0.15, 0.2) is 0 Å². The quantitative estimate of drug-likeness (QED) is 0.707. The summed E-state index contributed by atoms with van der Waals surface area (Å²) < 4.78 is 1.54. The summed E-state index contributed by atoms with van der Waals surface area (Å²) in [5.74, 6) is 0.0556. The van der Waals surface area contributed by atoms with Crippen molar-refractivity contribution in [1.82, 2.24) is 24.9 Å². The van der Waals surface area contributed by atoms with Crippen molar-refractivity contribution in [3.63, 3.8) is 0 Å². The van der Waals surface area contributed by atoms with Gasteiger partial charge in [-0.2, -0.15) is 5.10 Å². The van der Waals surface area contributed by atoms with Crippen LogP contribution in [-0.2, 0) is 16.1 Å². The highest BCUT2D eigenvalue weighted by Crippen LogP contribution is 2.04. The molecule has 0 aromatic carbocycles. The minimum Gasteiger partial charge on any atom is -0.396 e. The Morgan fingerprint density at radius 3 is 2.57 bits per heavy atom. The second kappa shape index (κ2) is 7.07. The highest BCUT2D eigenvalue weighted by Gasteiger charge is 2.22. The summed E-state index contributed by atoms with van der Waals surface area (Å²) in [5, 5.41) is 6.78. The zero-order valence-corrected chi connectivity index (χ0v) is 12.3. The Labute approximate surface area is 123 Å². The van der Waals surface area contributed by atoms with Crippen molar-refractivity contribution < 1.29 is 9.59 Å². The van der Waals surface area contributed by atoms with Gasteiger partial charge in [-0.25, -0.2) is 0 Å². The molecule has 0 aliphatic carbocycles. The van der Waals surface area contributed by atoms with Crippen molar-refractivity contribution >= 4 is 17.5 Å². The molecule has 0 unspecified atom stereocenters. The molecule has 1 aliphatic rings. The monoisotopic (exact) mass is 294 g/mol. The fourth-order valence-electron chi connectivity index (χ4n) is 2.32. The van der Waals surface area contributed by atoms with Gasteiger partial charge in [-0.1, -0.05) is 0 Å². The third-order valence-electron chi connectivity index (χ3n) is 3.42. The lowest BCUT2D eigenvalue weighted by Gasteiger charge is -2.34. The van der Waals surface area contributed by atoms with Crippen LogP contribution in [0.2, 0.25) is 0 Å². The fourth-order valence-corrected chi connectivity index (χ4v) is 2.32. The number of likely N-dealkylation sites (N-methyl/N-ethyl adjacent to an activating group) is 1. The second-order valence-corrected chi connectivity index (χ2v) is 5.08. The van der Waals surface area contributed by atoms with Gasteiger partial charge >= 0.3 is 0 Å². The molecule has 1 fully saturated rings. The first-order valence-corrected chi connectivity index (χ1v) is 7.13. The van der Waals surface area contributed by atoms with Gasteiger partial charge in [0.05, 0.1) is 18.4 Å². The van der Waals surface area contributed by atoms with Crippen molar-refractivity contribution in [2.45, 2.75) is 13.5 Å². The topological polar surface area (TPSA) is 96.5 Å². The molecule has 0 radical (unpaired) electrons. The van der Waals surface area contributed by atoms with Crippen LogP contribution >= 0.6 is 0 Å². The van der Waals surface area contributed by atoms with E-state index in [1.165, 1.54) is 6.20 Å². The number of nitrogens with zero attached hydrogens (tertiary/aromatic N) is 4. The lowest BCUT2D eigenvalue weighted by Crippen LogP contribution is -2.51. The molecule has 1 aromatic heterocycles. The first-order valence-electron chi connectivity index (χ1n) is 7.13. The van der Waals surface area contributed by atoms with E-state index in [0.29, 0.717) is 45.0 Å². The van der Waals surface area contributed by atoms with E-state index in [2.05, 4.69) is 15.3 Å². The van der Waals surface area contributed by atoms with Gasteiger partial charge in [0, 0.05) is 38.9 Å². The number of anilines is 1. The first kappa shape index (κ1) is 15.3. The Morgan fingerprint density at radius 1 is 1.29 bits per heavy atom. The van der Waals surface area contributed by atoms with E-state index >= 15 is 0 Å². The number of carbonyl (C=O) groups is 2. The average Bonchev–Trinajstić information content (AvgIpc) is 2.85. The molecule has 0 spiro atoms. The molecule has 21 heavy (non-hydrogen) atoms. The van der Waals surface area contributed by atoms with Crippen LogP contribution in [0, 0.1) is 0 Å². The Kier molecular flexibility index (Phi) is 5.15. The van der Waals surface area contributed by atoms with Crippen molar-refractivity contribution in [1.29, 1.82) is 0 Å². The van der Waals surface area contributed by atoms with E-state index in [-0.39, 0.29) is 18.4 Å². The van der Waals surface area contributed by atoms with E-state index in [9.17, 15) is 9.59 Å². The van der Waals surface area contributed by atoms with Crippen LogP contribution in [0.15, 0.2) is 12.4 Å². The summed E-state index contributed by atoms with van der Waals surface area (Å²) >= 11 is 0. The Morgan fingerprint density at radius 2 is 2.00 bits per heavy atom. The molecule has 0 bridgehead atoms. The summed E-state index contributed by atoms with van der Waals surface area (Å²) in [4.78, 5) is 27.5. The number of aromatic nitrogens is 2. The van der Waals surface area contributed by atoms with Crippen molar-refractivity contribution in [2.75, 3.05) is 45.0 Å². The van der Waals surface area contributed by atoms with Crippen molar-refractivity contribution in [3.8, 4) is 0 Å². The number of nitrogens with one attached hydrogen (secondary N) is 1. The predicted molar refractivity (Wildman–Crippen MR) is 78.3 cm³/mol. The molecule has 116 valence electrons. The third-order valence-corrected chi connectivity index (χ3v) is 3.42. The highest BCUT2D eigenvalue weighted by molar-refractivity contribution is 5.78. The largest absolute Gasteiger partial charge is 0.396 e. The van der Waals surface area contributed by atoms with Crippen molar-refractivity contribution in [3.05, 3.63) is 12.4 Å². The Hall–Kier alpha value is -2.09. The van der Waals surface area contributed by atoms with Crippen LogP contribution < -0.4 is 11.1 Å². The number of hydrogen-bond acceptors (Lipinski definition) is 5. The normalized spacial score (nSPS) is 16.0. The summed E-state index contributed by atoms with van der Waals surface area (Å²) in [7, 11) is 0. The predicted octanol–water partition coefficient (Wildman–Crippen LogP) is -1.25. The highest BCUT2D eigenvalue weighted by atomic mass is 16.2.